The molecule has 6 heteroatoms. The van der Waals surface area contributed by atoms with Gasteiger partial charge in [0.25, 0.3) is 0 Å². The molecule has 1 rings (SSSR count). The van der Waals surface area contributed by atoms with Crippen LogP contribution in [0.4, 0.5) is 18.9 Å². The van der Waals surface area contributed by atoms with E-state index in [0.717, 1.165) is 12.1 Å². The fraction of sp³-hybridized carbons (Fsp3) is 0.300. The number of alkyl halides is 3. The first-order valence-corrected chi connectivity index (χ1v) is 4.45. The Kier molecular flexibility index (Phi) is 3.41. The van der Waals surface area contributed by atoms with E-state index in [2.05, 4.69) is 5.32 Å². The zero-order valence-corrected chi connectivity index (χ0v) is 8.34. The predicted molar refractivity (Wildman–Crippen MR) is 49.5 cm³/mol. The number of halogens is 3. The van der Waals surface area contributed by atoms with Crippen LogP contribution in [-0.4, -0.2) is 12.0 Å². The van der Waals surface area contributed by atoms with Crippen molar-refractivity contribution in [3.63, 3.8) is 0 Å². The minimum atomic E-state index is -4.44. The number of hydrogen-bond donors (Lipinski definition) is 1. The normalized spacial score (nSPS) is 13.2. The first kappa shape index (κ1) is 12.4. The molecular formula is C10H9F3NO2-. The zero-order valence-electron chi connectivity index (χ0n) is 8.34. The minimum absolute atomic E-state index is 0.0894. The summed E-state index contributed by atoms with van der Waals surface area (Å²) in [7, 11) is 0. The molecule has 0 fully saturated rings. The van der Waals surface area contributed by atoms with Crippen molar-refractivity contribution in [1.29, 1.82) is 0 Å². The summed E-state index contributed by atoms with van der Waals surface area (Å²) in [5.74, 6) is -1.38. The molecule has 1 aromatic rings. The summed E-state index contributed by atoms with van der Waals surface area (Å²) in [4.78, 5) is 10.4. The molecule has 0 saturated carbocycles. The highest BCUT2D eigenvalue weighted by Crippen LogP contribution is 2.30. The van der Waals surface area contributed by atoms with Crippen molar-refractivity contribution < 1.29 is 23.1 Å². The topological polar surface area (TPSA) is 52.2 Å². The number of aliphatic carboxylic acids is 1. The van der Waals surface area contributed by atoms with Crippen molar-refractivity contribution in [2.75, 3.05) is 5.32 Å². The van der Waals surface area contributed by atoms with E-state index in [1.54, 1.807) is 0 Å². The Bertz CT molecular complexity index is 390. The molecule has 0 heterocycles. The molecule has 1 N–H and O–H groups in total. The third-order valence-corrected chi connectivity index (χ3v) is 1.93. The fourth-order valence-corrected chi connectivity index (χ4v) is 1.09. The van der Waals surface area contributed by atoms with Gasteiger partial charge < -0.3 is 15.2 Å². The number of carboxylic acids is 1. The molecule has 88 valence electrons. The van der Waals surface area contributed by atoms with Gasteiger partial charge in [-0.05, 0) is 25.1 Å². The number of nitrogens with one attached hydrogen (secondary N) is 1. The van der Waals surface area contributed by atoms with Gasteiger partial charge in [0.2, 0.25) is 0 Å². The average Bonchev–Trinajstić information content (AvgIpc) is 2.16. The monoisotopic (exact) mass is 232 g/mol. The molecule has 0 saturated heterocycles. The summed E-state index contributed by atoms with van der Waals surface area (Å²) in [6.45, 7) is 1.29. The number of carbonyl (C=O) groups is 1. The molecule has 1 atom stereocenters. The van der Waals surface area contributed by atoms with E-state index in [1.165, 1.54) is 19.1 Å². The van der Waals surface area contributed by atoms with Crippen molar-refractivity contribution in [1.82, 2.24) is 0 Å². The molecule has 1 aromatic carbocycles. The highest BCUT2D eigenvalue weighted by atomic mass is 19.4. The molecule has 0 unspecified atom stereocenters. The van der Waals surface area contributed by atoms with E-state index in [4.69, 9.17) is 0 Å². The lowest BCUT2D eigenvalue weighted by Crippen LogP contribution is -2.38. The van der Waals surface area contributed by atoms with Crippen molar-refractivity contribution in [3.05, 3.63) is 29.8 Å². The van der Waals surface area contributed by atoms with Crippen molar-refractivity contribution >= 4 is 11.7 Å². The predicted octanol–water partition coefficient (Wildman–Crippen LogP) is 1.26. The summed E-state index contributed by atoms with van der Waals surface area (Å²) >= 11 is 0. The number of carboxylic acid groups (broad SMARTS) is 1. The average molecular weight is 232 g/mol. The molecule has 3 nitrogen and oxygen atoms in total. The van der Waals surface area contributed by atoms with Gasteiger partial charge in [0.1, 0.15) is 0 Å². The zero-order chi connectivity index (χ0) is 12.3. The van der Waals surface area contributed by atoms with Gasteiger partial charge in [0.05, 0.1) is 17.6 Å². The summed E-state index contributed by atoms with van der Waals surface area (Å²) in [5.41, 5.74) is -0.741. The largest absolute Gasteiger partial charge is 0.548 e. The SMILES string of the molecule is C[C@@H](Nc1cccc(C(F)(F)F)c1)C(=O)[O-]. The standard InChI is InChI=1S/C10H10F3NO2/c1-6(9(15)16)14-8-4-2-3-7(5-8)10(11,12)13/h2-6,14H,1H3,(H,15,16)/p-1/t6-/m1/s1. The van der Waals surface area contributed by atoms with Crippen LogP contribution in [0.15, 0.2) is 24.3 Å². The van der Waals surface area contributed by atoms with Gasteiger partial charge in [0, 0.05) is 5.69 Å². The Labute approximate surface area is 89.9 Å². The van der Waals surface area contributed by atoms with Crippen molar-refractivity contribution in [2.45, 2.75) is 19.1 Å². The molecule has 0 aliphatic heterocycles. The Morgan fingerprint density at radius 1 is 1.44 bits per heavy atom. The highest BCUT2D eigenvalue weighted by Gasteiger charge is 2.30. The maximum atomic E-state index is 12.3. The van der Waals surface area contributed by atoms with E-state index in [-0.39, 0.29) is 5.69 Å². The first-order valence-electron chi connectivity index (χ1n) is 4.45. The second kappa shape index (κ2) is 4.42. The Balaban J connectivity index is 2.87. The number of rotatable bonds is 3. The summed E-state index contributed by atoms with van der Waals surface area (Å²) < 4.78 is 36.9. The van der Waals surface area contributed by atoms with E-state index < -0.39 is 23.8 Å². The van der Waals surface area contributed by atoms with Crippen LogP contribution < -0.4 is 10.4 Å². The molecule has 0 aliphatic carbocycles. The van der Waals surface area contributed by atoms with E-state index in [0.29, 0.717) is 0 Å². The van der Waals surface area contributed by atoms with Crippen LogP contribution in [0.3, 0.4) is 0 Å². The van der Waals surface area contributed by atoms with Crippen LogP contribution >= 0.6 is 0 Å². The van der Waals surface area contributed by atoms with Crippen LogP contribution in [0.25, 0.3) is 0 Å². The minimum Gasteiger partial charge on any atom is -0.548 e. The third-order valence-electron chi connectivity index (χ3n) is 1.93. The second-order valence-electron chi connectivity index (χ2n) is 3.26. The van der Waals surface area contributed by atoms with Crippen molar-refractivity contribution in [3.8, 4) is 0 Å². The number of carbonyl (C=O) groups excluding carboxylic acids is 1. The molecule has 0 bridgehead atoms. The van der Waals surface area contributed by atoms with Gasteiger partial charge in [-0.3, -0.25) is 0 Å². The summed E-state index contributed by atoms with van der Waals surface area (Å²) in [5, 5.41) is 12.8. The summed E-state index contributed by atoms with van der Waals surface area (Å²) in [6, 6.07) is 3.26. The van der Waals surface area contributed by atoms with Gasteiger partial charge >= 0.3 is 6.18 Å². The van der Waals surface area contributed by atoms with E-state index in [9.17, 15) is 23.1 Å². The molecule has 0 spiro atoms. The Morgan fingerprint density at radius 3 is 2.56 bits per heavy atom. The number of anilines is 1. The third kappa shape index (κ3) is 3.15. The quantitative estimate of drug-likeness (QED) is 0.853. The van der Waals surface area contributed by atoms with Crippen LogP contribution in [0.5, 0.6) is 0 Å². The Hall–Kier alpha value is -1.72. The molecular weight excluding hydrogens is 223 g/mol. The van der Waals surface area contributed by atoms with E-state index >= 15 is 0 Å². The molecule has 0 amide bonds. The van der Waals surface area contributed by atoms with E-state index in [1.807, 2.05) is 0 Å². The second-order valence-corrected chi connectivity index (χ2v) is 3.26. The fourth-order valence-electron chi connectivity index (χ4n) is 1.09. The van der Waals surface area contributed by atoms with Crippen LogP contribution in [0.2, 0.25) is 0 Å². The summed E-state index contributed by atoms with van der Waals surface area (Å²) in [6.07, 6.45) is -4.44. The molecule has 0 aromatic heterocycles. The van der Waals surface area contributed by atoms with Crippen molar-refractivity contribution in [2.24, 2.45) is 0 Å². The van der Waals surface area contributed by atoms with Crippen LogP contribution in [-0.2, 0) is 11.0 Å². The van der Waals surface area contributed by atoms with Gasteiger partial charge in [0.15, 0.2) is 0 Å². The van der Waals surface area contributed by atoms with Gasteiger partial charge in [-0.15, -0.1) is 0 Å². The number of hydrogen-bond acceptors (Lipinski definition) is 3. The maximum absolute atomic E-state index is 12.3. The van der Waals surface area contributed by atoms with Gasteiger partial charge in [-0.1, -0.05) is 6.07 Å². The van der Waals surface area contributed by atoms with Crippen LogP contribution in [0.1, 0.15) is 12.5 Å². The number of benzene rings is 1. The molecule has 0 aliphatic rings. The molecule has 16 heavy (non-hydrogen) atoms. The maximum Gasteiger partial charge on any atom is 0.416 e. The smallest absolute Gasteiger partial charge is 0.416 e. The lowest BCUT2D eigenvalue weighted by Gasteiger charge is -2.17. The molecule has 0 radical (unpaired) electrons. The lowest BCUT2D eigenvalue weighted by molar-refractivity contribution is -0.306. The van der Waals surface area contributed by atoms with Gasteiger partial charge in [-0.25, -0.2) is 0 Å². The van der Waals surface area contributed by atoms with Crippen LogP contribution in [0, 0.1) is 0 Å². The Morgan fingerprint density at radius 2 is 2.06 bits per heavy atom. The first-order chi connectivity index (χ1) is 7.30. The lowest BCUT2D eigenvalue weighted by atomic mass is 10.2. The van der Waals surface area contributed by atoms with Gasteiger partial charge in [-0.2, -0.15) is 13.2 Å². The highest BCUT2D eigenvalue weighted by molar-refractivity contribution is 5.74.